The molecular weight excluding hydrogens is 364 g/mol. The lowest BCUT2D eigenvalue weighted by molar-refractivity contribution is -0.117. The molecule has 4 rings (SSSR count). The second-order valence-corrected chi connectivity index (χ2v) is 9.31. The van der Waals surface area contributed by atoms with Gasteiger partial charge >= 0.3 is 0 Å². The first-order valence-electron chi connectivity index (χ1n) is 9.71. The second-order valence-electron chi connectivity index (χ2n) is 7.63. The molecular formula is C19H26N4O3S. The summed E-state index contributed by atoms with van der Waals surface area (Å²) >= 11 is 0. The Balaban J connectivity index is 1.39. The van der Waals surface area contributed by atoms with Crippen molar-refractivity contribution in [1.82, 2.24) is 9.62 Å². The minimum Gasteiger partial charge on any atom is -0.325 e. The normalized spacial score (nSPS) is 23.3. The van der Waals surface area contributed by atoms with Crippen molar-refractivity contribution in [1.29, 1.82) is 0 Å². The van der Waals surface area contributed by atoms with E-state index in [2.05, 4.69) is 19.9 Å². The van der Waals surface area contributed by atoms with E-state index in [9.17, 15) is 13.2 Å². The van der Waals surface area contributed by atoms with Crippen LogP contribution in [0.1, 0.15) is 38.5 Å². The minimum atomic E-state index is -3.68. The molecule has 7 nitrogen and oxygen atoms in total. The van der Waals surface area contributed by atoms with E-state index in [1.54, 1.807) is 12.1 Å². The van der Waals surface area contributed by atoms with Gasteiger partial charge < -0.3 is 5.32 Å². The third-order valence-electron chi connectivity index (χ3n) is 5.48. The lowest BCUT2D eigenvalue weighted by Crippen LogP contribution is -2.37. The number of hydrogen-bond acceptors (Lipinski definition) is 5. The van der Waals surface area contributed by atoms with Gasteiger partial charge in [-0.1, -0.05) is 6.07 Å². The first-order chi connectivity index (χ1) is 13.0. The summed E-state index contributed by atoms with van der Waals surface area (Å²) in [5.74, 6) is 1.17. The van der Waals surface area contributed by atoms with E-state index in [-0.39, 0.29) is 10.8 Å². The van der Waals surface area contributed by atoms with Crippen molar-refractivity contribution in [2.24, 2.45) is 10.9 Å². The first-order valence-corrected chi connectivity index (χ1v) is 11.2. The quantitative estimate of drug-likeness (QED) is 0.777. The second kappa shape index (κ2) is 7.59. The molecule has 1 saturated carbocycles. The zero-order valence-corrected chi connectivity index (χ0v) is 16.2. The number of amides is 1. The smallest absolute Gasteiger partial charge is 0.262 e. The summed E-state index contributed by atoms with van der Waals surface area (Å²) in [6.07, 6.45) is 6.40. The van der Waals surface area contributed by atoms with Crippen LogP contribution in [0.2, 0.25) is 0 Å². The maximum absolute atomic E-state index is 12.5. The highest BCUT2D eigenvalue weighted by Crippen LogP contribution is 2.39. The molecule has 1 aliphatic carbocycles. The van der Waals surface area contributed by atoms with Gasteiger partial charge in [0.1, 0.15) is 5.84 Å². The van der Waals surface area contributed by atoms with Gasteiger partial charge in [-0.15, -0.1) is 0 Å². The zero-order chi connectivity index (χ0) is 18.9. The number of anilines is 1. The van der Waals surface area contributed by atoms with Crippen LogP contribution in [0.4, 0.5) is 5.69 Å². The summed E-state index contributed by atoms with van der Waals surface area (Å²) in [7, 11) is -3.68. The van der Waals surface area contributed by atoms with Crippen LogP contribution in [0.25, 0.3) is 0 Å². The fourth-order valence-corrected chi connectivity index (χ4v) is 5.16. The number of carbonyl (C=O) groups is 1. The first kappa shape index (κ1) is 18.4. The van der Waals surface area contributed by atoms with Crippen molar-refractivity contribution < 1.29 is 13.2 Å². The predicted octanol–water partition coefficient (Wildman–Crippen LogP) is 1.97. The number of carbonyl (C=O) groups excluding carboxylic acids is 1. The number of sulfonamides is 1. The summed E-state index contributed by atoms with van der Waals surface area (Å²) < 4.78 is 27.6. The summed E-state index contributed by atoms with van der Waals surface area (Å²) in [5.41, 5.74) is 0.499. The largest absolute Gasteiger partial charge is 0.325 e. The van der Waals surface area contributed by atoms with Gasteiger partial charge in [-0.3, -0.25) is 19.4 Å². The third-order valence-corrected chi connectivity index (χ3v) is 6.86. The average molecular weight is 391 g/mol. The highest BCUT2D eigenvalue weighted by Gasteiger charge is 2.38. The number of nitrogens with zero attached hydrogens (tertiary/aromatic N) is 2. The van der Waals surface area contributed by atoms with E-state index in [0.717, 1.165) is 25.3 Å². The van der Waals surface area contributed by atoms with Crippen LogP contribution in [0.5, 0.6) is 0 Å². The predicted molar refractivity (Wildman–Crippen MR) is 104 cm³/mol. The van der Waals surface area contributed by atoms with Crippen LogP contribution in [0.15, 0.2) is 34.2 Å². The van der Waals surface area contributed by atoms with Crippen molar-refractivity contribution in [2.75, 3.05) is 25.0 Å². The number of likely N-dealkylation sites (tertiary alicyclic amines) is 1. The van der Waals surface area contributed by atoms with Crippen LogP contribution >= 0.6 is 0 Å². The average Bonchev–Trinajstić information content (AvgIpc) is 3.15. The Morgan fingerprint density at radius 3 is 2.81 bits per heavy atom. The van der Waals surface area contributed by atoms with Gasteiger partial charge in [0, 0.05) is 24.7 Å². The number of amidine groups is 1. The van der Waals surface area contributed by atoms with Gasteiger partial charge in [0.25, 0.3) is 10.0 Å². The molecule has 0 aromatic heterocycles. The molecule has 1 unspecified atom stereocenters. The van der Waals surface area contributed by atoms with E-state index < -0.39 is 10.0 Å². The molecule has 0 spiro atoms. The van der Waals surface area contributed by atoms with Crippen molar-refractivity contribution in [3.05, 3.63) is 24.3 Å². The van der Waals surface area contributed by atoms with Crippen LogP contribution in [0.3, 0.4) is 0 Å². The molecule has 1 aromatic carbocycles. The molecule has 1 saturated heterocycles. The van der Waals surface area contributed by atoms with E-state index in [0.29, 0.717) is 37.1 Å². The standard InChI is InChI=1S/C19H26N4O3S/c24-19(13-23-11-3-6-17(23)14-8-9-14)21-15-4-1-5-16(12-15)27(25,26)22-18-7-2-10-20-18/h1,4-5,12,14,17H,2-3,6-11,13H2,(H,20,22)(H,21,24). The third kappa shape index (κ3) is 4.50. The van der Waals surface area contributed by atoms with Crippen molar-refractivity contribution in [3.63, 3.8) is 0 Å². The number of nitrogens with one attached hydrogen (secondary N) is 2. The Labute approximate surface area is 160 Å². The van der Waals surface area contributed by atoms with E-state index >= 15 is 0 Å². The highest BCUT2D eigenvalue weighted by molar-refractivity contribution is 7.90. The Bertz CT molecular complexity index is 848. The summed E-state index contributed by atoms with van der Waals surface area (Å²) in [4.78, 5) is 19.0. The van der Waals surface area contributed by atoms with Crippen molar-refractivity contribution in [3.8, 4) is 0 Å². The molecule has 0 bridgehead atoms. The lowest BCUT2D eigenvalue weighted by Gasteiger charge is -2.23. The molecule has 146 valence electrons. The van der Waals surface area contributed by atoms with Gasteiger partial charge in [-0.05, 0) is 62.8 Å². The minimum absolute atomic E-state index is 0.0924. The van der Waals surface area contributed by atoms with Crippen LogP contribution in [-0.2, 0) is 14.8 Å². The maximum atomic E-state index is 12.5. The number of rotatable bonds is 6. The zero-order valence-electron chi connectivity index (χ0n) is 15.4. The fourth-order valence-electron chi connectivity index (χ4n) is 4.03. The van der Waals surface area contributed by atoms with Crippen LogP contribution in [-0.4, -0.2) is 50.7 Å². The molecule has 1 amide bonds. The summed E-state index contributed by atoms with van der Waals surface area (Å²) in [6, 6.07) is 6.92. The van der Waals surface area contributed by atoms with E-state index in [1.165, 1.54) is 31.4 Å². The monoisotopic (exact) mass is 390 g/mol. The Hall–Kier alpha value is -1.93. The maximum Gasteiger partial charge on any atom is 0.262 e. The number of hydrogen-bond donors (Lipinski definition) is 2. The molecule has 0 radical (unpaired) electrons. The van der Waals surface area contributed by atoms with Gasteiger partial charge in [0.15, 0.2) is 0 Å². The molecule has 2 fully saturated rings. The van der Waals surface area contributed by atoms with Gasteiger partial charge in [-0.25, -0.2) is 8.42 Å². The highest BCUT2D eigenvalue weighted by atomic mass is 32.2. The number of aliphatic imine (C=N–C) groups is 1. The molecule has 8 heteroatoms. The molecule has 2 N–H and O–H groups in total. The molecule has 1 atom stereocenters. The van der Waals surface area contributed by atoms with E-state index in [4.69, 9.17) is 0 Å². The lowest BCUT2D eigenvalue weighted by atomic mass is 10.1. The Kier molecular flexibility index (Phi) is 5.19. The van der Waals surface area contributed by atoms with Gasteiger partial charge in [0.2, 0.25) is 5.91 Å². The van der Waals surface area contributed by atoms with Gasteiger partial charge in [-0.2, -0.15) is 0 Å². The summed E-state index contributed by atoms with van der Waals surface area (Å²) in [5, 5.41) is 2.85. The topological polar surface area (TPSA) is 90.9 Å². The molecule has 3 aliphatic rings. The van der Waals surface area contributed by atoms with Crippen LogP contribution < -0.4 is 10.0 Å². The Morgan fingerprint density at radius 2 is 2.07 bits per heavy atom. The molecule has 2 aliphatic heterocycles. The van der Waals surface area contributed by atoms with Crippen molar-refractivity contribution >= 4 is 27.5 Å². The molecule has 1 aromatic rings. The van der Waals surface area contributed by atoms with Crippen molar-refractivity contribution in [2.45, 2.75) is 49.5 Å². The molecule has 2 heterocycles. The van der Waals surface area contributed by atoms with E-state index in [1.807, 2.05) is 0 Å². The Morgan fingerprint density at radius 1 is 1.22 bits per heavy atom. The fraction of sp³-hybridized carbons (Fsp3) is 0.579. The van der Waals surface area contributed by atoms with Gasteiger partial charge in [0.05, 0.1) is 11.4 Å². The molecule has 27 heavy (non-hydrogen) atoms. The SMILES string of the molecule is O=C(CN1CCCC1C1CC1)Nc1cccc(S(=O)(=O)NC2=NCCC2)c1. The number of benzene rings is 1. The van der Waals surface area contributed by atoms with Crippen LogP contribution in [0, 0.1) is 5.92 Å². The summed E-state index contributed by atoms with van der Waals surface area (Å²) in [6.45, 7) is 1.99.